The molecule has 0 spiro atoms. The Morgan fingerprint density at radius 2 is 1.87 bits per heavy atom. The molecule has 0 amide bonds. The van der Waals surface area contributed by atoms with Crippen LogP contribution in [0.25, 0.3) is 0 Å². The third-order valence-corrected chi connectivity index (χ3v) is 3.50. The third kappa shape index (κ3) is 1.93. The summed E-state index contributed by atoms with van der Waals surface area (Å²) in [6.07, 6.45) is 2.27. The van der Waals surface area contributed by atoms with Crippen molar-refractivity contribution in [3.8, 4) is 0 Å². The Balaban J connectivity index is 2.46. The highest BCUT2D eigenvalue weighted by Gasteiger charge is 2.35. The predicted molar refractivity (Wildman–Crippen MR) is 64.9 cm³/mol. The first kappa shape index (κ1) is 10.7. The fraction of sp³-hybridized carbons (Fsp3) is 0.571. The molecule has 2 atom stereocenters. The van der Waals surface area contributed by atoms with E-state index in [1.165, 1.54) is 11.1 Å². The minimum absolute atomic E-state index is 0.260. The Kier molecular flexibility index (Phi) is 2.59. The van der Waals surface area contributed by atoms with Crippen molar-refractivity contribution in [2.75, 3.05) is 0 Å². The van der Waals surface area contributed by atoms with Gasteiger partial charge in [-0.25, -0.2) is 0 Å². The highest BCUT2D eigenvalue weighted by Crippen LogP contribution is 2.42. The average Bonchev–Trinajstić information content (AvgIpc) is 2.15. The van der Waals surface area contributed by atoms with Crippen LogP contribution in [0.3, 0.4) is 0 Å². The summed E-state index contributed by atoms with van der Waals surface area (Å²) in [6, 6.07) is 9.09. The van der Waals surface area contributed by atoms with Crippen LogP contribution in [-0.2, 0) is 6.42 Å². The molecule has 1 aromatic rings. The van der Waals surface area contributed by atoms with Crippen molar-refractivity contribution < 1.29 is 0 Å². The van der Waals surface area contributed by atoms with Gasteiger partial charge in [-0.15, -0.1) is 0 Å². The Labute approximate surface area is 92.7 Å². The van der Waals surface area contributed by atoms with Crippen LogP contribution in [0.2, 0.25) is 0 Å². The van der Waals surface area contributed by atoms with Gasteiger partial charge in [-0.2, -0.15) is 0 Å². The molecule has 15 heavy (non-hydrogen) atoms. The van der Waals surface area contributed by atoms with Crippen molar-refractivity contribution in [1.29, 1.82) is 0 Å². The monoisotopic (exact) mass is 203 g/mol. The van der Waals surface area contributed by atoms with E-state index in [-0.39, 0.29) is 5.41 Å². The van der Waals surface area contributed by atoms with E-state index in [2.05, 4.69) is 45.0 Å². The topological polar surface area (TPSA) is 26.0 Å². The van der Waals surface area contributed by atoms with Gasteiger partial charge >= 0.3 is 0 Å². The van der Waals surface area contributed by atoms with Gasteiger partial charge < -0.3 is 5.73 Å². The third-order valence-electron chi connectivity index (χ3n) is 3.50. The highest BCUT2D eigenvalue weighted by atomic mass is 14.7. The van der Waals surface area contributed by atoms with Crippen LogP contribution in [0.5, 0.6) is 0 Å². The SMILES string of the molecule is CC(C)(C)C1c2ccccc2CCC1N. The van der Waals surface area contributed by atoms with Crippen LogP contribution in [0.1, 0.15) is 44.2 Å². The molecule has 82 valence electrons. The molecule has 1 aliphatic carbocycles. The summed E-state index contributed by atoms with van der Waals surface area (Å²) in [5.41, 5.74) is 9.51. The molecule has 1 heteroatoms. The maximum Gasteiger partial charge on any atom is 0.0116 e. The van der Waals surface area contributed by atoms with Crippen molar-refractivity contribution in [3.05, 3.63) is 35.4 Å². The molecule has 0 saturated carbocycles. The van der Waals surface area contributed by atoms with Crippen molar-refractivity contribution in [1.82, 2.24) is 0 Å². The molecule has 0 saturated heterocycles. The molecule has 2 rings (SSSR count). The Bertz CT molecular complexity index is 349. The molecule has 0 radical (unpaired) electrons. The zero-order chi connectivity index (χ0) is 11.1. The molecule has 0 aromatic heterocycles. The molecule has 0 fully saturated rings. The quantitative estimate of drug-likeness (QED) is 0.689. The summed E-state index contributed by atoms with van der Waals surface area (Å²) in [6.45, 7) is 6.87. The minimum atomic E-state index is 0.260. The second-order valence-corrected chi connectivity index (χ2v) is 5.75. The van der Waals surface area contributed by atoms with E-state index in [0.717, 1.165) is 12.8 Å². The number of rotatable bonds is 0. The van der Waals surface area contributed by atoms with Crippen molar-refractivity contribution in [2.45, 2.75) is 45.6 Å². The predicted octanol–water partition coefficient (Wildman–Crippen LogP) is 3.09. The molecule has 1 nitrogen and oxygen atoms in total. The number of benzene rings is 1. The summed E-state index contributed by atoms with van der Waals surface area (Å²) in [5, 5.41) is 0. The van der Waals surface area contributed by atoms with Gasteiger partial charge in [0, 0.05) is 12.0 Å². The Morgan fingerprint density at radius 3 is 2.53 bits per heavy atom. The number of nitrogens with two attached hydrogens (primary N) is 1. The van der Waals surface area contributed by atoms with Crippen LogP contribution < -0.4 is 5.73 Å². The first-order chi connectivity index (χ1) is 7.00. The molecular formula is C14H21N. The van der Waals surface area contributed by atoms with Gasteiger partial charge in [-0.3, -0.25) is 0 Å². The van der Waals surface area contributed by atoms with E-state index in [9.17, 15) is 0 Å². The highest BCUT2D eigenvalue weighted by molar-refractivity contribution is 5.35. The summed E-state index contributed by atoms with van der Waals surface area (Å²) in [7, 11) is 0. The van der Waals surface area contributed by atoms with Gasteiger partial charge in [0.2, 0.25) is 0 Å². The summed E-state index contributed by atoms with van der Waals surface area (Å²) in [5.74, 6) is 0.502. The van der Waals surface area contributed by atoms with Crippen molar-refractivity contribution in [3.63, 3.8) is 0 Å². The lowest BCUT2D eigenvalue weighted by atomic mass is 9.67. The fourth-order valence-electron chi connectivity index (χ4n) is 2.89. The first-order valence-electron chi connectivity index (χ1n) is 5.83. The van der Waals surface area contributed by atoms with E-state index in [0.29, 0.717) is 12.0 Å². The standard InChI is InChI=1S/C14H21N/c1-14(2,3)13-11-7-5-4-6-10(11)8-9-12(13)15/h4-7,12-13H,8-9,15H2,1-3H3. The lowest BCUT2D eigenvalue weighted by molar-refractivity contribution is 0.260. The van der Waals surface area contributed by atoms with Crippen LogP contribution in [-0.4, -0.2) is 6.04 Å². The Hall–Kier alpha value is -0.820. The van der Waals surface area contributed by atoms with Crippen molar-refractivity contribution in [2.24, 2.45) is 11.1 Å². The van der Waals surface area contributed by atoms with E-state index in [1.807, 2.05) is 0 Å². The lowest BCUT2D eigenvalue weighted by Gasteiger charge is -2.40. The van der Waals surface area contributed by atoms with Crippen LogP contribution in [0, 0.1) is 5.41 Å². The molecule has 2 N–H and O–H groups in total. The van der Waals surface area contributed by atoms with Gasteiger partial charge in [0.05, 0.1) is 0 Å². The van der Waals surface area contributed by atoms with Gasteiger partial charge in [0.25, 0.3) is 0 Å². The molecule has 2 unspecified atom stereocenters. The number of hydrogen-bond donors (Lipinski definition) is 1. The molecule has 0 aliphatic heterocycles. The number of fused-ring (bicyclic) bond motifs is 1. The van der Waals surface area contributed by atoms with Gasteiger partial charge in [-0.05, 0) is 29.4 Å². The van der Waals surface area contributed by atoms with Crippen LogP contribution in [0.15, 0.2) is 24.3 Å². The Morgan fingerprint density at radius 1 is 1.20 bits per heavy atom. The average molecular weight is 203 g/mol. The van der Waals surface area contributed by atoms with Crippen LogP contribution in [0.4, 0.5) is 0 Å². The number of aryl methyl sites for hydroxylation is 1. The van der Waals surface area contributed by atoms with Gasteiger partial charge in [-0.1, -0.05) is 45.0 Å². The summed E-state index contributed by atoms with van der Waals surface area (Å²) < 4.78 is 0. The maximum atomic E-state index is 6.28. The number of hydrogen-bond acceptors (Lipinski definition) is 1. The normalized spacial score (nSPS) is 26.1. The molecule has 1 aromatic carbocycles. The maximum absolute atomic E-state index is 6.28. The minimum Gasteiger partial charge on any atom is -0.327 e. The first-order valence-corrected chi connectivity index (χ1v) is 5.83. The van der Waals surface area contributed by atoms with E-state index in [4.69, 9.17) is 5.73 Å². The van der Waals surface area contributed by atoms with Crippen LogP contribution >= 0.6 is 0 Å². The molecule has 0 bridgehead atoms. The molecule has 0 heterocycles. The second-order valence-electron chi connectivity index (χ2n) is 5.75. The second kappa shape index (κ2) is 3.64. The molecular weight excluding hydrogens is 182 g/mol. The lowest BCUT2D eigenvalue weighted by Crippen LogP contribution is -2.40. The van der Waals surface area contributed by atoms with Crippen molar-refractivity contribution >= 4 is 0 Å². The van der Waals surface area contributed by atoms with E-state index in [1.54, 1.807) is 0 Å². The van der Waals surface area contributed by atoms with E-state index >= 15 is 0 Å². The largest absolute Gasteiger partial charge is 0.327 e. The fourth-order valence-corrected chi connectivity index (χ4v) is 2.89. The smallest absolute Gasteiger partial charge is 0.0116 e. The van der Waals surface area contributed by atoms with E-state index < -0.39 is 0 Å². The molecule has 1 aliphatic rings. The zero-order valence-electron chi connectivity index (χ0n) is 9.96. The van der Waals surface area contributed by atoms with Gasteiger partial charge in [0.1, 0.15) is 0 Å². The van der Waals surface area contributed by atoms with Gasteiger partial charge in [0.15, 0.2) is 0 Å². The summed E-state index contributed by atoms with van der Waals surface area (Å²) in [4.78, 5) is 0. The zero-order valence-corrected chi connectivity index (χ0v) is 9.96. The summed E-state index contributed by atoms with van der Waals surface area (Å²) >= 11 is 0.